The highest BCUT2D eigenvalue weighted by Gasteiger charge is 2.41. The average Bonchev–Trinajstić information content (AvgIpc) is 3.04. The van der Waals surface area contributed by atoms with Crippen LogP contribution in [-0.2, 0) is 22.1 Å². The second-order valence-corrected chi connectivity index (χ2v) is 9.15. The Kier molecular flexibility index (Phi) is 11.1. The lowest BCUT2D eigenvalue weighted by molar-refractivity contribution is -0.141. The van der Waals surface area contributed by atoms with Crippen LogP contribution in [0.25, 0.3) is 0 Å². The first-order valence-corrected chi connectivity index (χ1v) is 11.9. The summed E-state index contributed by atoms with van der Waals surface area (Å²) in [4.78, 5) is 11.1. The van der Waals surface area contributed by atoms with E-state index in [1.54, 1.807) is 6.07 Å². The summed E-state index contributed by atoms with van der Waals surface area (Å²) in [5, 5.41) is 31.1. The summed E-state index contributed by atoms with van der Waals surface area (Å²) in [6.45, 7) is 0. The van der Waals surface area contributed by atoms with Gasteiger partial charge in [-0.2, -0.15) is 13.2 Å². The van der Waals surface area contributed by atoms with Crippen molar-refractivity contribution < 1.29 is 38.0 Å². The van der Waals surface area contributed by atoms with Crippen LogP contribution in [0.1, 0.15) is 75.3 Å². The molecule has 0 bridgehead atoms. The van der Waals surface area contributed by atoms with Crippen LogP contribution in [0.3, 0.4) is 0 Å². The Hall–Kier alpha value is -1.64. The van der Waals surface area contributed by atoms with Crippen LogP contribution in [0.15, 0.2) is 24.3 Å². The second-order valence-electron chi connectivity index (χ2n) is 9.15. The van der Waals surface area contributed by atoms with E-state index in [1.807, 2.05) is 0 Å². The highest BCUT2D eigenvalue weighted by atomic mass is 19.4. The number of aliphatic hydroxyl groups is 3. The Balaban J connectivity index is 1.77. The van der Waals surface area contributed by atoms with Gasteiger partial charge >= 0.3 is 12.1 Å². The first-order valence-electron chi connectivity index (χ1n) is 11.9. The van der Waals surface area contributed by atoms with E-state index in [-0.39, 0.29) is 36.2 Å². The number of rotatable bonds is 13. The number of halogens is 3. The molecule has 1 aromatic rings. The summed E-state index contributed by atoms with van der Waals surface area (Å²) in [6, 6.07) is 5.41. The van der Waals surface area contributed by atoms with Crippen molar-refractivity contribution in [2.24, 2.45) is 11.8 Å². The maximum Gasteiger partial charge on any atom is 0.416 e. The minimum Gasteiger partial charge on any atom is -0.469 e. The molecule has 0 saturated heterocycles. The van der Waals surface area contributed by atoms with Crippen molar-refractivity contribution in [1.29, 1.82) is 0 Å². The fourth-order valence-electron chi connectivity index (χ4n) is 4.95. The van der Waals surface area contributed by atoms with Crippen LogP contribution in [-0.4, -0.2) is 46.7 Å². The van der Waals surface area contributed by atoms with Crippen LogP contribution in [0.5, 0.6) is 0 Å². The molecule has 0 radical (unpaired) electrons. The van der Waals surface area contributed by atoms with Gasteiger partial charge in [0.15, 0.2) is 0 Å². The second kappa shape index (κ2) is 13.3. The number of aryl methyl sites for hydroxylation is 1. The van der Waals surface area contributed by atoms with E-state index < -0.39 is 30.1 Å². The molecule has 0 amide bonds. The molecule has 1 aliphatic carbocycles. The minimum atomic E-state index is -4.42. The highest BCUT2D eigenvalue weighted by molar-refractivity contribution is 5.68. The standard InChI is InChI=1S/C25H37F3O5/c1-33-24(32)11-5-3-2-4-9-19-20(23(31)16-22(19)30)15-14-18(29)13-12-17-8-6-7-10-21(17)25(26,27)28/h6-8,10,18-20,22-23,29-31H,2-5,9,11-16H2,1H3/t18-,19?,20?,22-,23+/m0/s1. The fraction of sp³-hybridized carbons (Fsp3) is 0.720. The molecular weight excluding hydrogens is 437 g/mol. The van der Waals surface area contributed by atoms with Crippen molar-refractivity contribution in [1.82, 2.24) is 0 Å². The third-order valence-corrected chi connectivity index (χ3v) is 6.82. The van der Waals surface area contributed by atoms with Crippen molar-refractivity contribution in [3.8, 4) is 0 Å². The van der Waals surface area contributed by atoms with Crippen LogP contribution in [0.4, 0.5) is 13.2 Å². The highest BCUT2D eigenvalue weighted by Crippen LogP contribution is 2.39. The molecule has 0 aromatic heterocycles. The maximum atomic E-state index is 13.1. The van der Waals surface area contributed by atoms with Crippen LogP contribution in [0.2, 0.25) is 0 Å². The van der Waals surface area contributed by atoms with Gasteiger partial charge in [0.25, 0.3) is 0 Å². The zero-order chi connectivity index (χ0) is 24.4. The lowest BCUT2D eigenvalue weighted by Gasteiger charge is -2.25. The number of unbranched alkanes of at least 4 members (excludes halogenated alkanes) is 3. The molecule has 188 valence electrons. The van der Waals surface area contributed by atoms with Crippen LogP contribution in [0, 0.1) is 11.8 Å². The quantitative estimate of drug-likeness (QED) is 0.286. The lowest BCUT2D eigenvalue weighted by Crippen LogP contribution is -2.24. The number of ether oxygens (including phenoxy) is 1. The molecule has 5 nitrogen and oxygen atoms in total. The third-order valence-electron chi connectivity index (χ3n) is 6.82. The van der Waals surface area contributed by atoms with Gasteiger partial charge in [-0.05, 0) is 68.4 Å². The fourth-order valence-corrected chi connectivity index (χ4v) is 4.95. The third kappa shape index (κ3) is 8.91. The van der Waals surface area contributed by atoms with Gasteiger partial charge in [-0.25, -0.2) is 0 Å². The van der Waals surface area contributed by atoms with E-state index in [0.717, 1.165) is 38.2 Å². The molecular formula is C25H37F3O5. The molecule has 2 rings (SSSR count). The molecule has 2 unspecified atom stereocenters. The van der Waals surface area contributed by atoms with Crippen molar-refractivity contribution >= 4 is 5.97 Å². The van der Waals surface area contributed by atoms with E-state index >= 15 is 0 Å². The number of carbonyl (C=O) groups excluding carboxylic acids is 1. The van der Waals surface area contributed by atoms with Gasteiger partial charge in [0, 0.05) is 6.42 Å². The predicted octanol–water partition coefficient (Wildman–Crippen LogP) is 4.65. The Morgan fingerprint density at radius 3 is 2.33 bits per heavy atom. The molecule has 0 spiro atoms. The Bertz CT molecular complexity index is 724. The molecule has 1 aromatic carbocycles. The number of hydrogen-bond donors (Lipinski definition) is 3. The van der Waals surface area contributed by atoms with Crippen LogP contribution < -0.4 is 0 Å². The van der Waals surface area contributed by atoms with E-state index in [2.05, 4.69) is 4.74 Å². The van der Waals surface area contributed by atoms with Gasteiger partial charge in [0.1, 0.15) is 0 Å². The Morgan fingerprint density at radius 2 is 1.67 bits per heavy atom. The number of benzene rings is 1. The number of hydrogen-bond acceptors (Lipinski definition) is 5. The van der Waals surface area contributed by atoms with Crippen molar-refractivity contribution in [3.63, 3.8) is 0 Å². The zero-order valence-electron chi connectivity index (χ0n) is 19.3. The van der Waals surface area contributed by atoms with Crippen molar-refractivity contribution in [3.05, 3.63) is 35.4 Å². The molecule has 1 aliphatic rings. The smallest absolute Gasteiger partial charge is 0.416 e. The average molecular weight is 475 g/mol. The van der Waals surface area contributed by atoms with E-state index in [4.69, 9.17) is 0 Å². The van der Waals surface area contributed by atoms with Gasteiger partial charge in [0.2, 0.25) is 0 Å². The van der Waals surface area contributed by atoms with Crippen LogP contribution >= 0.6 is 0 Å². The molecule has 5 atom stereocenters. The van der Waals surface area contributed by atoms with Crippen molar-refractivity contribution in [2.75, 3.05) is 7.11 Å². The van der Waals surface area contributed by atoms with E-state index in [9.17, 15) is 33.3 Å². The molecule has 0 aliphatic heterocycles. The monoisotopic (exact) mass is 474 g/mol. The summed E-state index contributed by atoms with van der Waals surface area (Å²) < 4.78 is 44.0. The van der Waals surface area contributed by atoms with E-state index in [0.29, 0.717) is 25.7 Å². The van der Waals surface area contributed by atoms with E-state index in [1.165, 1.54) is 19.2 Å². The molecule has 1 fully saturated rings. The summed E-state index contributed by atoms with van der Waals surface area (Å²) in [5.74, 6) is -0.407. The normalized spacial score (nSPS) is 24.1. The maximum absolute atomic E-state index is 13.1. The SMILES string of the molecule is COC(=O)CCCCCCC1C(CC[C@@H](O)CCc2ccccc2C(F)(F)F)[C@H](O)C[C@@H]1O. The summed E-state index contributed by atoms with van der Waals surface area (Å²) in [5.41, 5.74) is -0.497. The Labute approximate surface area is 194 Å². The number of methoxy groups -OCH3 is 1. The summed E-state index contributed by atoms with van der Waals surface area (Å²) >= 11 is 0. The molecule has 3 N–H and O–H groups in total. The number of carbonyl (C=O) groups is 1. The molecule has 1 saturated carbocycles. The molecule has 8 heteroatoms. The summed E-state index contributed by atoms with van der Waals surface area (Å²) in [6.07, 6.45) is -0.257. The minimum absolute atomic E-state index is 0.0567. The topological polar surface area (TPSA) is 87.0 Å². The van der Waals surface area contributed by atoms with Gasteiger partial charge in [0.05, 0.1) is 31.0 Å². The van der Waals surface area contributed by atoms with Gasteiger partial charge in [-0.3, -0.25) is 4.79 Å². The first kappa shape index (κ1) is 27.6. The number of aliphatic hydroxyl groups excluding tert-OH is 3. The predicted molar refractivity (Wildman–Crippen MR) is 118 cm³/mol. The number of esters is 1. The lowest BCUT2D eigenvalue weighted by atomic mass is 9.84. The van der Waals surface area contributed by atoms with Gasteiger partial charge in [-0.15, -0.1) is 0 Å². The van der Waals surface area contributed by atoms with Gasteiger partial charge < -0.3 is 20.1 Å². The zero-order valence-corrected chi connectivity index (χ0v) is 19.3. The first-order chi connectivity index (χ1) is 15.6. The molecule has 33 heavy (non-hydrogen) atoms. The largest absolute Gasteiger partial charge is 0.469 e. The Morgan fingerprint density at radius 1 is 1.03 bits per heavy atom. The van der Waals surface area contributed by atoms with Crippen molar-refractivity contribution in [2.45, 2.75) is 95.1 Å². The van der Waals surface area contributed by atoms with Gasteiger partial charge in [-0.1, -0.05) is 37.5 Å². The molecule has 0 heterocycles. The summed E-state index contributed by atoms with van der Waals surface area (Å²) in [7, 11) is 1.37. The number of alkyl halides is 3.